The van der Waals surface area contributed by atoms with Gasteiger partial charge in [0.25, 0.3) is 0 Å². The van der Waals surface area contributed by atoms with Crippen LogP contribution in [0.25, 0.3) is 0 Å². The minimum atomic E-state index is 0.103. The summed E-state index contributed by atoms with van der Waals surface area (Å²) in [5.41, 5.74) is 5.30. The second-order valence-corrected chi connectivity index (χ2v) is 4.47. The Labute approximate surface area is 86.4 Å². The molecule has 1 aliphatic rings. The highest BCUT2D eigenvalue weighted by Crippen LogP contribution is 2.27. The summed E-state index contributed by atoms with van der Waals surface area (Å²) in [7, 11) is 0. The first-order valence-electron chi connectivity index (χ1n) is 5.69. The van der Waals surface area contributed by atoms with E-state index in [1.54, 1.807) is 0 Å². The lowest BCUT2D eigenvalue weighted by molar-refractivity contribution is -0.121. The van der Waals surface area contributed by atoms with Gasteiger partial charge in [0, 0.05) is 19.5 Å². The maximum atomic E-state index is 11.2. The normalized spacial score (nSPS) is 27.3. The summed E-state index contributed by atoms with van der Waals surface area (Å²) in [6.45, 7) is 3.61. The van der Waals surface area contributed by atoms with Crippen LogP contribution in [0.15, 0.2) is 0 Å². The highest BCUT2D eigenvalue weighted by Gasteiger charge is 2.18. The standard InChI is InChI=1S/C11H22N2O/c1-9-2-4-10(5-3-9)8-13-11(14)6-7-12/h9-10H,2-8,12H2,1H3,(H,13,14). The zero-order valence-electron chi connectivity index (χ0n) is 9.09. The summed E-state index contributed by atoms with van der Waals surface area (Å²) in [5.74, 6) is 1.69. The van der Waals surface area contributed by atoms with Gasteiger partial charge in [-0.05, 0) is 24.7 Å². The molecule has 0 aromatic rings. The molecule has 0 aliphatic heterocycles. The quantitative estimate of drug-likeness (QED) is 0.715. The van der Waals surface area contributed by atoms with Crippen LogP contribution in [0.3, 0.4) is 0 Å². The molecule has 0 heterocycles. The van der Waals surface area contributed by atoms with Gasteiger partial charge in [-0.1, -0.05) is 19.8 Å². The van der Waals surface area contributed by atoms with Gasteiger partial charge in [-0.15, -0.1) is 0 Å². The van der Waals surface area contributed by atoms with Gasteiger partial charge in [0.2, 0.25) is 5.91 Å². The van der Waals surface area contributed by atoms with Crippen LogP contribution in [-0.4, -0.2) is 19.0 Å². The van der Waals surface area contributed by atoms with Crippen LogP contribution in [0.4, 0.5) is 0 Å². The zero-order chi connectivity index (χ0) is 10.4. The molecular weight excluding hydrogens is 176 g/mol. The Bertz CT molecular complexity index is 174. The summed E-state index contributed by atoms with van der Waals surface area (Å²) >= 11 is 0. The molecule has 0 radical (unpaired) electrons. The van der Waals surface area contributed by atoms with Gasteiger partial charge >= 0.3 is 0 Å². The second-order valence-electron chi connectivity index (χ2n) is 4.47. The van der Waals surface area contributed by atoms with Gasteiger partial charge in [-0.3, -0.25) is 4.79 Å². The van der Waals surface area contributed by atoms with E-state index in [1.165, 1.54) is 25.7 Å². The Morgan fingerprint density at radius 2 is 2.00 bits per heavy atom. The van der Waals surface area contributed by atoms with Crippen molar-refractivity contribution in [1.82, 2.24) is 5.32 Å². The summed E-state index contributed by atoms with van der Waals surface area (Å²) in [4.78, 5) is 11.2. The van der Waals surface area contributed by atoms with Gasteiger partial charge in [0.15, 0.2) is 0 Å². The van der Waals surface area contributed by atoms with E-state index in [-0.39, 0.29) is 5.91 Å². The molecule has 3 N–H and O–H groups in total. The average Bonchev–Trinajstić information content (AvgIpc) is 2.17. The fourth-order valence-electron chi connectivity index (χ4n) is 2.01. The van der Waals surface area contributed by atoms with Gasteiger partial charge in [-0.2, -0.15) is 0 Å². The molecule has 1 aliphatic carbocycles. The first-order valence-corrected chi connectivity index (χ1v) is 5.69. The van der Waals surface area contributed by atoms with Gasteiger partial charge in [0.1, 0.15) is 0 Å². The van der Waals surface area contributed by atoms with Crippen LogP contribution in [0.1, 0.15) is 39.0 Å². The van der Waals surface area contributed by atoms with Crippen molar-refractivity contribution in [2.24, 2.45) is 17.6 Å². The molecule has 14 heavy (non-hydrogen) atoms. The molecule has 1 fully saturated rings. The molecular formula is C11H22N2O. The first-order chi connectivity index (χ1) is 6.72. The van der Waals surface area contributed by atoms with Gasteiger partial charge in [0.05, 0.1) is 0 Å². The predicted molar refractivity (Wildman–Crippen MR) is 57.8 cm³/mol. The summed E-state index contributed by atoms with van der Waals surface area (Å²) in [5, 5.41) is 2.95. The number of rotatable bonds is 4. The molecule has 0 spiro atoms. The maximum Gasteiger partial charge on any atom is 0.221 e. The molecule has 1 rings (SSSR count). The van der Waals surface area contributed by atoms with E-state index in [9.17, 15) is 4.79 Å². The lowest BCUT2D eigenvalue weighted by atomic mass is 9.83. The largest absolute Gasteiger partial charge is 0.356 e. The number of hydrogen-bond donors (Lipinski definition) is 2. The Balaban J connectivity index is 2.09. The third kappa shape index (κ3) is 4.09. The van der Waals surface area contributed by atoms with Gasteiger partial charge in [-0.25, -0.2) is 0 Å². The molecule has 0 aromatic carbocycles. The third-order valence-electron chi connectivity index (χ3n) is 3.09. The summed E-state index contributed by atoms with van der Waals surface area (Å²) < 4.78 is 0. The Hall–Kier alpha value is -0.570. The predicted octanol–water partition coefficient (Wildman–Crippen LogP) is 1.28. The highest BCUT2D eigenvalue weighted by atomic mass is 16.1. The number of hydrogen-bond acceptors (Lipinski definition) is 2. The van der Waals surface area contributed by atoms with Crippen molar-refractivity contribution in [1.29, 1.82) is 0 Å². The number of carbonyl (C=O) groups excluding carboxylic acids is 1. The second kappa shape index (κ2) is 6.02. The topological polar surface area (TPSA) is 55.1 Å². The van der Waals surface area contributed by atoms with E-state index in [1.807, 2.05) is 0 Å². The Morgan fingerprint density at radius 1 is 1.36 bits per heavy atom. The molecule has 3 nitrogen and oxygen atoms in total. The van der Waals surface area contributed by atoms with E-state index in [0.717, 1.165) is 12.5 Å². The zero-order valence-corrected chi connectivity index (χ0v) is 9.09. The van der Waals surface area contributed by atoms with Crippen molar-refractivity contribution in [3.63, 3.8) is 0 Å². The minimum absolute atomic E-state index is 0.103. The molecule has 0 unspecified atom stereocenters. The molecule has 1 saturated carbocycles. The van der Waals surface area contributed by atoms with Gasteiger partial charge < -0.3 is 11.1 Å². The van der Waals surface area contributed by atoms with Crippen molar-refractivity contribution in [2.75, 3.05) is 13.1 Å². The number of carbonyl (C=O) groups is 1. The van der Waals surface area contributed by atoms with Crippen molar-refractivity contribution < 1.29 is 4.79 Å². The van der Waals surface area contributed by atoms with E-state index < -0.39 is 0 Å². The molecule has 0 bridgehead atoms. The molecule has 1 amide bonds. The number of nitrogens with one attached hydrogen (secondary N) is 1. The van der Waals surface area contributed by atoms with Crippen LogP contribution in [0.2, 0.25) is 0 Å². The van der Waals surface area contributed by atoms with Crippen LogP contribution in [0.5, 0.6) is 0 Å². The highest BCUT2D eigenvalue weighted by molar-refractivity contribution is 5.75. The molecule has 3 heteroatoms. The van der Waals surface area contributed by atoms with E-state index in [0.29, 0.717) is 18.9 Å². The lowest BCUT2D eigenvalue weighted by Gasteiger charge is -2.26. The fourth-order valence-corrected chi connectivity index (χ4v) is 2.01. The molecule has 0 atom stereocenters. The van der Waals surface area contributed by atoms with E-state index in [4.69, 9.17) is 5.73 Å². The van der Waals surface area contributed by atoms with Crippen molar-refractivity contribution in [3.05, 3.63) is 0 Å². The van der Waals surface area contributed by atoms with Crippen LogP contribution in [-0.2, 0) is 4.79 Å². The molecule has 0 saturated heterocycles. The minimum Gasteiger partial charge on any atom is -0.356 e. The number of amides is 1. The lowest BCUT2D eigenvalue weighted by Crippen LogP contribution is -2.32. The first kappa shape index (κ1) is 11.5. The smallest absolute Gasteiger partial charge is 0.221 e. The molecule has 0 aromatic heterocycles. The third-order valence-corrected chi connectivity index (χ3v) is 3.09. The van der Waals surface area contributed by atoms with Crippen LogP contribution >= 0.6 is 0 Å². The van der Waals surface area contributed by atoms with Crippen molar-refractivity contribution in [3.8, 4) is 0 Å². The average molecular weight is 198 g/mol. The summed E-state index contributed by atoms with van der Waals surface area (Å²) in [6, 6.07) is 0. The Kier molecular flexibility index (Phi) is 4.94. The monoisotopic (exact) mass is 198 g/mol. The molecule has 82 valence electrons. The van der Waals surface area contributed by atoms with E-state index in [2.05, 4.69) is 12.2 Å². The maximum absolute atomic E-state index is 11.2. The van der Waals surface area contributed by atoms with Crippen LogP contribution in [0, 0.1) is 11.8 Å². The van der Waals surface area contributed by atoms with Crippen molar-refractivity contribution in [2.45, 2.75) is 39.0 Å². The van der Waals surface area contributed by atoms with Crippen LogP contribution < -0.4 is 11.1 Å². The van der Waals surface area contributed by atoms with E-state index >= 15 is 0 Å². The SMILES string of the molecule is CC1CCC(CNC(=O)CCN)CC1. The Morgan fingerprint density at radius 3 is 2.57 bits per heavy atom. The van der Waals surface area contributed by atoms with Crippen molar-refractivity contribution >= 4 is 5.91 Å². The fraction of sp³-hybridized carbons (Fsp3) is 0.909. The summed E-state index contributed by atoms with van der Waals surface area (Å²) in [6.07, 6.45) is 5.63. The number of nitrogens with two attached hydrogens (primary N) is 1.